The molecule has 0 unspecified atom stereocenters. The summed E-state index contributed by atoms with van der Waals surface area (Å²) in [5.41, 5.74) is 5.44. The number of Topliss-reactive ketones (excluding diaryl/α,β-unsaturated/α-hetero) is 1. The first-order valence-corrected chi connectivity index (χ1v) is 10.5. The summed E-state index contributed by atoms with van der Waals surface area (Å²) in [6, 6.07) is 13.0. The van der Waals surface area contributed by atoms with E-state index in [-0.39, 0.29) is 5.78 Å². The summed E-state index contributed by atoms with van der Waals surface area (Å²) in [7, 11) is 0. The summed E-state index contributed by atoms with van der Waals surface area (Å²) in [6.45, 7) is 4.17. The van der Waals surface area contributed by atoms with Gasteiger partial charge in [0, 0.05) is 23.4 Å². The van der Waals surface area contributed by atoms with Gasteiger partial charge in [0.05, 0.1) is 5.52 Å². The fraction of sp³-hybridized carbons (Fsp3) is 0.417. The lowest BCUT2D eigenvalue weighted by molar-refractivity contribution is 0.0982. The smallest absolute Gasteiger partial charge is 0.163 e. The van der Waals surface area contributed by atoms with Gasteiger partial charge in [0.25, 0.3) is 0 Å². The minimum absolute atomic E-state index is 0.207. The minimum Gasteiger partial charge on any atom is -0.365 e. The van der Waals surface area contributed by atoms with Crippen LogP contribution in [0.25, 0.3) is 10.9 Å². The average molecular weight is 376 g/mol. The van der Waals surface area contributed by atoms with Crippen LogP contribution in [0.15, 0.2) is 36.4 Å². The summed E-state index contributed by atoms with van der Waals surface area (Å²) in [5, 5.41) is 12.2. The number of hydrogen-bond donors (Lipinski definition) is 2. The van der Waals surface area contributed by atoms with Crippen molar-refractivity contribution in [1.82, 2.24) is 10.2 Å². The van der Waals surface area contributed by atoms with Gasteiger partial charge in [-0.3, -0.25) is 9.89 Å². The predicted molar refractivity (Wildman–Crippen MR) is 115 cm³/mol. The largest absolute Gasteiger partial charge is 0.365 e. The van der Waals surface area contributed by atoms with E-state index in [0.29, 0.717) is 12.5 Å². The van der Waals surface area contributed by atoms with Crippen molar-refractivity contribution in [2.75, 3.05) is 5.32 Å². The van der Waals surface area contributed by atoms with Gasteiger partial charge in [0.15, 0.2) is 11.6 Å². The van der Waals surface area contributed by atoms with E-state index in [1.165, 1.54) is 36.8 Å². The molecule has 1 aromatic heterocycles. The Balaban J connectivity index is 1.55. The lowest BCUT2D eigenvalue weighted by Gasteiger charge is -2.12. The summed E-state index contributed by atoms with van der Waals surface area (Å²) >= 11 is 0. The number of benzene rings is 2. The summed E-state index contributed by atoms with van der Waals surface area (Å²) in [5.74, 6) is 1.09. The number of aryl methyl sites for hydroxylation is 3. The number of nitrogens with one attached hydrogen (secondary N) is 2. The molecule has 0 spiro atoms. The maximum Gasteiger partial charge on any atom is 0.163 e. The standard InChI is InChI=1S/C24H29N3O/c1-3-17-8-4-5-9-18(17)12-13-23(28)20-15-21-22(14-16(20)2)26-27-24(21)25-19-10-6-7-11-19/h4-5,8-9,14-15,19H,3,6-7,10-13H2,1-2H3,(H2,25,26,27). The Morgan fingerprint density at radius 2 is 1.93 bits per heavy atom. The van der Waals surface area contributed by atoms with Gasteiger partial charge >= 0.3 is 0 Å². The molecule has 2 aromatic carbocycles. The molecule has 1 fully saturated rings. The number of carbonyl (C=O) groups is 1. The molecule has 0 atom stereocenters. The molecule has 4 nitrogen and oxygen atoms in total. The quantitative estimate of drug-likeness (QED) is 0.528. The number of aromatic nitrogens is 2. The Morgan fingerprint density at radius 1 is 1.18 bits per heavy atom. The summed E-state index contributed by atoms with van der Waals surface area (Å²) in [6.07, 6.45) is 7.28. The van der Waals surface area contributed by atoms with Gasteiger partial charge in [0.1, 0.15) is 0 Å². The minimum atomic E-state index is 0.207. The van der Waals surface area contributed by atoms with Crippen molar-refractivity contribution < 1.29 is 4.79 Å². The zero-order valence-corrected chi connectivity index (χ0v) is 16.8. The van der Waals surface area contributed by atoms with Crippen LogP contribution < -0.4 is 5.32 Å². The molecular weight excluding hydrogens is 346 g/mol. The predicted octanol–water partition coefficient (Wildman–Crippen LogP) is 5.60. The van der Waals surface area contributed by atoms with Crippen LogP contribution in [0.3, 0.4) is 0 Å². The van der Waals surface area contributed by atoms with E-state index in [0.717, 1.165) is 40.7 Å². The second-order valence-corrected chi connectivity index (χ2v) is 7.96. The molecule has 0 aliphatic heterocycles. The maximum absolute atomic E-state index is 13.0. The zero-order valence-electron chi connectivity index (χ0n) is 16.8. The van der Waals surface area contributed by atoms with Crippen LogP contribution >= 0.6 is 0 Å². The van der Waals surface area contributed by atoms with Gasteiger partial charge < -0.3 is 5.32 Å². The highest BCUT2D eigenvalue weighted by molar-refractivity contribution is 6.03. The first-order valence-electron chi connectivity index (χ1n) is 10.5. The Labute approximate surface area is 166 Å². The number of H-pyrrole nitrogens is 1. The fourth-order valence-electron chi connectivity index (χ4n) is 4.38. The number of rotatable bonds is 7. The van der Waals surface area contributed by atoms with Gasteiger partial charge in [-0.1, -0.05) is 44.0 Å². The third-order valence-electron chi connectivity index (χ3n) is 6.02. The van der Waals surface area contributed by atoms with Crippen LogP contribution in [0.1, 0.15) is 66.1 Å². The molecule has 3 aromatic rings. The Kier molecular flexibility index (Phi) is 5.47. The van der Waals surface area contributed by atoms with E-state index in [1.54, 1.807) is 0 Å². The van der Waals surface area contributed by atoms with E-state index < -0.39 is 0 Å². The van der Waals surface area contributed by atoms with Crippen molar-refractivity contribution in [3.8, 4) is 0 Å². The van der Waals surface area contributed by atoms with Crippen molar-refractivity contribution >= 4 is 22.5 Å². The van der Waals surface area contributed by atoms with E-state index in [2.05, 4.69) is 52.8 Å². The molecule has 1 aliphatic rings. The van der Waals surface area contributed by atoms with Gasteiger partial charge in [-0.2, -0.15) is 5.10 Å². The van der Waals surface area contributed by atoms with Gasteiger partial charge in [-0.15, -0.1) is 0 Å². The lowest BCUT2D eigenvalue weighted by Crippen LogP contribution is -2.14. The number of ketones is 1. The Morgan fingerprint density at radius 3 is 2.68 bits per heavy atom. The highest BCUT2D eigenvalue weighted by atomic mass is 16.1. The molecule has 0 radical (unpaired) electrons. The number of aromatic amines is 1. The van der Waals surface area contributed by atoms with E-state index >= 15 is 0 Å². The molecule has 1 heterocycles. The van der Waals surface area contributed by atoms with Crippen LogP contribution in [-0.2, 0) is 12.8 Å². The van der Waals surface area contributed by atoms with E-state index in [4.69, 9.17) is 0 Å². The first-order chi connectivity index (χ1) is 13.7. The van der Waals surface area contributed by atoms with Crippen molar-refractivity contribution in [3.05, 3.63) is 58.7 Å². The molecule has 4 rings (SSSR count). The van der Waals surface area contributed by atoms with Gasteiger partial charge in [-0.25, -0.2) is 0 Å². The molecule has 146 valence electrons. The van der Waals surface area contributed by atoms with Crippen molar-refractivity contribution in [3.63, 3.8) is 0 Å². The molecule has 0 amide bonds. The fourth-order valence-corrected chi connectivity index (χ4v) is 4.38. The Hall–Kier alpha value is -2.62. The third-order valence-corrected chi connectivity index (χ3v) is 6.02. The zero-order chi connectivity index (χ0) is 19.5. The second kappa shape index (κ2) is 8.17. The Bertz CT molecular complexity index is 983. The maximum atomic E-state index is 13.0. The molecule has 4 heteroatoms. The normalized spacial score (nSPS) is 14.6. The van der Waals surface area contributed by atoms with Crippen LogP contribution in [0.4, 0.5) is 5.82 Å². The van der Waals surface area contributed by atoms with Gasteiger partial charge in [0.2, 0.25) is 0 Å². The number of nitrogens with zero attached hydrogens (tertiary/aromatic N) is 1. The topological polar surface area (TPSA) is 57.8 Å². The number of carbonyl (C=O) groups excluding carboxylic acids is 1. The van der Waals surface area contributed by atoms with Crippen LogP contribution in [0.5, 0.6) is 0 Å². The highest BCUT2D eigenvalue weighted by Gasteiger charge is 2.19. The number of fused-ring (bicyclic) bond motifs is 1. The highest BCUT2D eigenvalue weighted by Crippen LogP contribution is 2.28. The summed E-state index contributed by atoms with van der Waals surface area (Å²) < 4.78 is 0. The molecule has 1 aliphatic carbocycles. The summed E-state index contributed by atoms with van der Waals surface area (Å²) in [4.78, 5) is 13.0. The SMILES string of the molecule is CCc1ccccc1CCC(=O)c1cc2c(NC3CCCC3)n[nH]c2cc1C. The van der Waals surface area contributed by atoms with Crippen LogP contribution in [0, 0.1) is 6.92 Å². The van der Waals surface area contributed by atoms with Crippen molar-refractivity contribution in [2.45, 2.75) is 64.8 Å². The molecule has 28 heavy (non-hydrogen) atoms. The molecular formula is C24H29N3O. The van der Waals surface area contributed by atoms with Crippen molar-refractivity contribution in [1.29, 1.82) is 0 Å². The lowest BCUT2D eigenvalue weighted by atomic mass is 9.95. The monoisotopic (exact) mass is 375 g/mol. The van der Waals surface area contributed by atoms with Gasteiger partial charge in [-0.05, 0) is 61.4 Å². The van der Waals surface area contributed by atoms with E-state index in [1.807, 2.05) is 13.0 Å². The molecule has 1 saturated carbocycles. The second-order valence-electron chi connectivity index (χ2n) is 7.96. The van der Waals surface area contributed by atoms with Crippen LogP contribution in [0.2, 0.25) is 0 Å². The number of anilines is 1. The van der Waals surface area contributed by atoms with Crippen LogP contribution in [-0.4, -0.2) is 22.0 Å². The molecule has 0 saturated heterocycles. The molecule has 2 N–H and O–H groups in total. The molecule has 0 bridgehead atoms. The van der Waals surface area contributed by atoms with E-state index in [9.17, 15) is 4.79 Å². The van der Waals surface area contributed by atoms with Crippen molar-refractivity contribution in [2.24, 2.45) is 0 Å². The third kappa shape index (κ3) is 3.82. The first kappa shape index (κ1) is 18.7. The average Bonchev–Trinajstić information content (AvgIpc) is 3.36. The number of hydrogen-bond acceptors (Lipinski definition) is 3.